The highest BCUT2D eigenvalue weighted by atomic mass is 16.5. The van der Waals surface area contributed by atoms with E-state index in [-0.39, 0.29) is 12.5 Å². The van der Waals surface area contributed by atoms with Crippen LogP contribution in [0.15, 0.2) is 0 Å². The van der Waals surface area contributed by atoms with Crippen LogP contribution in [0.5, 0.6) is 0 Å². The summed E-state index contributed by atoms with van der Waals surface area (Å²) in [6, 6.07) is 0. The highest BCUT2D eigenvalue weighted by Gasteiger charge is 2.01. The molecule has 0 saturated carbocycles. The lowest BCUT2D eigenvalue weighted by atomic mass is 10.2. The number of amides is 1. The van der Waals surface area contributed by atoms with Crippen LogP contribution in [0.3, 0.4) is 0 Å². The number of rotatable bonds is 5. The number of carbonyl (C=O) groups is 2. The molecule has 11 heavy (non-hydrogen) atoms. The summed E-state index contributed by atoms with van der Waals surface area (Å²) in [6.45, 7) is 1.70. The Hall–Kier alpha value is -1.06. The van der Waals surface area contributed by atoms with Gasteiger partial charge in [-0.3, -0.25) is 9.59 Å². The monoisotopic (exact) mass is 162 g/mol. The van der Waals surface area contributed by atoms with Gasteiger partial charge in [-0.25, -0.2) is 0 Å². The smallest absolute Gasteiger partial charge is 0.322 e. The molecule has 0 fully saturated rings. The van der Waals surface area contributed by atoms with Crippen LogP contribution >= 0.6 is 0 Å². The molecule has 0 rings (SSSR count). The molecule has 0 aliphatic heterocycles. The summed E-state index contributed by atoms with van der Waals surface area (Å²) >= 11 is 0. The molecule has 2 N–H and O–H groups in total. The summed E-state index contributed by atoms with van der Waals surface area (Å²) < 4.78 is 0. The number of carboxylic acid groups (broad SMARTS) is 1. The topological polar surface area (TPSA) is 66.4 Å². The van der Waals surface area contributed by atoms with E-state index >= 15 is 0 Å². The largest absolute Gasteiger partial charge is 0.480 e. The van der Waals surface area contributed by atoms with E-state index in [1.54, 1.807) is 0 Å². The second kappa shape index (κ2) is 5.70. The SMILES string of the molecule is CCCCC(=O)[15NH][13CH2][13C](=O)O. The zero-order chi connectivity index (χ0) is 8.69. The van der Waals surface area contributed by atoms with Gasteiger partial charge in [0.1, 0.15) is 6.54 Å². The van der Waals surface area contributed by atoms with Gasteiger partial charge in [-0.15, -0.1) is 0 Å². The van der Waals surface area contributed by atoms with Crippen LogP contribution in [0.1, 0.15) is 26.2 Å². The molecule has 0 aliphatic rings. The van der Waals surface area contributed by atoms with Crippen LogP contribution in [0, 0.1) is 0 Å². The third kappa shape index (κ3) is 6.83. The lowest BCUT2D eigenvalue weighted by molar-refractivity contribution is -0.137. The molecular weight excluding hydrogens is 149 g/mol. The van der Waals surface area contributed by atoms with Gasteiger partial charge in [-0.1, -0.05) is 13.3 Å². The second-order valence-electron chi connectivity index (χ2n) is 2.27. The van der Waals surface area contributed by atoms with Crippen molar-refractivity contribution in [3.05, 3.63) is 0 Å². The van der Waals surface area contributed by atoms with E-state index in [9.17, 15) is 9.59 Å². The number of carboxylic acids is 1. The fourth-order valence-corrected chi connectivity index (χ4v) is 0.600. The average molecular weight is 162 g/mol. The van der Waals surface area contributed by atoms with Gasteiger partial charge < -0.3 is 10.4 Å². The highest BCUT2D eigenvalue weighted by Crippen LogP contribution is 1.92. The van der Waals surface area contributed by atoms with Gasteiger partial charge in [0, 0.05) is 6.42 Å². The quantitative estimate of drug-likeness (QED) is 0.453. The Kier molecular flexibility index (Phi) is 5.15. The maximum Gasteiger partial charge on any atom is 0.322 e. The van der Waals surface area contributed by atoms with Gasteiger partial charge in [-0.05, 0) is 6.42 Å². The molecule has 0 aliphatic carbocycles. The summed E-state index contributed by atoms with van der Waals surface area (Å²) in [4.78, 5) is 20.7. The van der Waals surface area contributed by atoms with Crippen molar-refractivity contribution in [2.24, 2.45) is 0 Å². The predicted octanol–water partition coefficient (Wildman–Crippen LogP) is 0.377. The van der Waals surface area contributed by atoms with Crippen LogP contribution in [0.4, 0.5) is 0 Å². The Bertz CT molecular complexity index is 145. The predicted molar refractivity (Wildman–Crippen MR) is 40.2 cm³/mol. The van der Waals surface area contributed by atoms with Crippen molar-refractivity contribution in [3.63, 3.8) is 0 Å². The molecule has 0 unspecified atom stereocenters. The van der Waals surface area contributed by atoms with Crippen molar-refractivity contribution in [2.45, 2.75) is 26.2 Å². The van der Waals surface area contributed by atoms with Crippen molar-refractivity contribution < 1.29 is 14.7 Å². The molecule has 64 valence electrons. The minimum absolute atomic E-state index is 0.186. The number of hydrogen-bond acceptors (Lipinski definition) is 2. The fourth-order valence-electron chi connectivity index (χ4n) is 0.600. The van der Waals surface area contributed by atoms with Gasteiger partial charge in [0.2, 0.25) is 5.91 Å². The number of nitrogens with one attached hydrogen (secondary N) is 1. The zero-order valence-corrected chi connectivity index (χ0v) is 6.59. The molecule has 0 saturated heterocycles. The second-order valence-corrected chi connectivity index (χ2v) is 2.27. The van der Waals surface area contributed by atoms with Crippen molar-refractivity contribution in [2.75, 3.05) is 6.54 Å². The van der Waals surface area contributed by atoms with Gasteiger partial charge >= 0.3 is 5.97 Å². The average Bonchev–Trinajstić information content (AvgIpc) is 1.97. The Balaban J connectivity index is 3.30. The molecule has 4 heteroatoms. The molecule has 0 aromatic heterocycles. The maximum absolute atomic E-state index is 10.7. The lowest BCUT2D eigenvalue weighted by Gasteiger charge is -1.99. The maximum atomic E-state index is 10.7. The molecule has 0 aromatic carbocycles. The molecular formula is C7H13NO3. The normalized spacial score (nSPS) is 9.18. The summed E-state index contributed by atoms with van der Waals surface area (Å²) in [7, 11) is 0. The van der Waals surface area contributed by atoms with E-state index in [1.165, 1.54) is 0 Å². The Morgan fingerprint density at radius 1 is 1.45 bits per heavy atom. The number of unbranched alkanes of at least 4 members (excludes halogenated alkanes) is 1. The molecule has 1 amide bonds. The van der Waals surface area contributed by atoms with E-state index < -0.39 is 5.97 Å². The van der Waals surface area contributed by atoms with Crippen LogP contribution in [-0.4, -0.2) is 23.5 Å². The first kappa shape index (κ1) is 9.94. The third-order valence-corrected chi connectivity index (χ3v) is 1.19. The first-order chi connectivity index (χ1) is 5.16. The first-order valence-corrected chi connectivity index (χ1v) is 3.65. The lowest BCUT2D eigenvalue weighted by Crippen LogP contribution is -2.28. The van der Waals surface area contributed by atoms with Crippen LogP contribution in [-0.2, 0) is 9.59 Å². The van der Waals surface area contributed by atoms with Gasteiger partial charge in [0.15, 0.2) is 0 Å². The molecule has 0 bridgehead atoms. The van der Waals surface area contributed by atoms with E-state index in [4.69, 9.17) is 5.11 Å². The van der Waals surface area contributed by atoms with E-state index in [0.717, 1.165) is 12.8 Å². The Morgan fingerprint density at radius 2 is 2.09 bits per heavy atom. The minimum Gasteiger partial charge on any atom is -0.480 e. The van der Waals surface area contributed by atoms with E-state index in [0.29, 0.717) is 6.42 Å². The number of hydrogen-bond donors (Lipinski definition) is 2. The molecule has 0 atom stereocenters. The highest BCUT2D eigenvalue weighted by molar-refractivity contribution is 5.80. The summed E-state index contributed by atoms with van der Waals surface area (Å²) in [5.41, 5.74) is 0. The van der Waals surface area contributed by atoms with Crippen molar-refractivity contribution >= 4 is 11.9 Å². The van der Waals surface area contributed by atoms with Gasteiger partial charge in [0.25, 0.3) is 0 Å². The third-order valence-electron chi connectivity index (χ3n) is 1.19. The zero-order valence-electron chi connectivity index (χ0n) is 6.59. The fraction of sp³-hybridized carbons (Fsp3) is 0.714. The first-order valence-electron chi connectivity index (χ1n) is 3.65. The molecule has 0 heterocycles. The molecule has 0 radical (unpaired) electrons. The Morgan fingerprint density at radius 3 is 2.55 bits per heavy atom. The summed E-state index contributed by atoms with van der Waals surface area (Å²) in [5.74, 6) is -1.19. The molecule has 0 aromatic rings. The van der Waals surface area contributed by atoms with E-state index in [1.807, 2.05) is 6.92 Å². The van der Waals surface area contributed by atoms with Crippen molar-refractivity contribution in [3.8, 4) is 0 Å². The van der Waals surface area contributed by atoms with Crippen LogP contribution in [0.2, 0.25) is 0 Å². The van der Waals surface area contributed by atoms with Gasteiger partial charge in [0.05, 0.1) is 0 Å². The minimum atomic E-state index is -1.00. The Labute approximate surface area is 65.6 Å². The van der Waals surface area contributed by atoms with Crippen LogP contribution in [0.25, 0.3) is 0 Å². The number of carbonyl (C=O) groups excluding carboxylic acids is 1. The van der Waals surface area contributed by atoms with E-state index in [2.05, 4.69) is 5.32 Å². The summed E-state index contributed by atoms with van der Waals surface area (Å²) in [6.07, 6.45) is 2.18. The van der Waals surface area contributed by atoms with Crippen molar-refractivity contribution in [1.82, 2.24) is 5.32 Å². The van der Waals surface area contributed by atoms with Crippen molar-refractivity contribution in [1.29, 1.82) is 0 Å². The van der Waals surface area contributed by atoms with Crippen LogP contribution < -0.4 is 5.32 Å². The van der Waals surface area contributed by atoms with Gasteiger partial charge in [-0.2, -0.15) is 0 Å². The number of aliphatic carboxylic acids is 1. The molecule has 0 spiro atoms. The molecule has 4 nitrogen and oxygen atoms in total. The standard InChI is InChI=1S/C7H13NO3/c1-2-3-4-6(9)8-5-7(10)11/h2-5H2,1H3,(H,8,9)(H,10,11)/i5+1,7+1,8+1. The summed E-state index contributed by atoms with van der Waals surface area (Å²) in [5, 5.41) is 10.5.